The van der Waals surface area contributed by atoms with E-state index in [9.17, 15) is 9.90 Å². The Hall–Kier alpha value is -2.51. The van der Waals surface area contributed by atoms with E-state index in [1.165, 1.54) is 0 Å². The van der Waals surface area contributed by atoms with Crippen LogP contribution in [0.1, 0.15) is 16.8 Å². The normalized spacial score (nSPS) is 12.1. The Balaban J connectivity index is 1.95. The number of aromatic nitrogens is 3. The summed E-state index contributed by atoms with van der Waals surface area (Å²) in [7, 11) is 0. The SMILES string of the molecule is CSCC[C@H](CO)NC(=O)c1cnn(-c2ccccc2)c1-n1cccc1. The molecule has 0 saturated carbocycles. The van der Waals surface area contributed by atoms with Gasteiger partial charge in [0.05, 0.1) is 24.5 Å². The lowest BCUT2D eigenvalue weighted by Crippen LogP contribution is -2.38. The van der Waals surface area contributed by atoms with Gasteiger partial charge in [0.2, 0.25) is 0 Å². The van der Waals surface area contributed by atoms with Crippen molar-refractivity contribution < 1.29 is 9.90 Å². The van der Waals surface area contributed by atoms with E-state index in [1.807, 2.05) is 65.7 Å². The second kappa shape index (κ2) is 8.73. The standard InChI is InChI=1S/C19H22N4O2S/c1-26-12-9-15(14-24)21-18(25)17-13-20-23(16-7-3-2-4-8-16)19(17)22-10-5-6-11-22/h2-8,10-11,13,15,24H,9,12,14H2,1H3,(H,21,25)/t15-/m1/s1. The molecule has 1 atom stereocenters. The average Bonchev–Trinajstić information content (AvgIpc) is 3.34. The molecule has 0 aliphatic heterocycles. The van der Waals surface area contributed by atoms with Crippen LogP contribution in [0.4, 0.5) is 0 Å². The highest BCUT2D eigenvalue weighted by molar-refractivity contribution is 7.98. The zero-order chi connectivity index (χ0) is 18.4. The number of hydrogen-bond donors (Lipinski definition) is 2. The second-order valence-corrected chi connectivity index (χ2v) is 6.84. The lowest BCUT2D eigenvalue weighted by Gasteiger charge is -2.16. The molecule has 0 spiro atoms. The first-order chi connectivity index (χ1) is 12.7. The number of aliphatic hydroxyl groups excluding tert-OH is 1. The van der Waals surface area contributed by atoms with Gasteiger partial charge in [-0.2, -0.15) is 16.9 Å². The highest BCUT2D eigenvalue weighted by atomic mass is 32.2. The van der Waals surface area contributed by atoms with Crippen molar-refractivity contribution in [1.29, 1.82) is 0 Å². The number of nitrogens with one attached hydrogen (secondary N) is 1. The molecule has 2 N–H and O–H groups in total. The van der Waals surface area contributed by atoms with Crippen LogP contribution in [0.25, 0.3) is 11.5 Å². The van der Waals surface area contributed by atoms with Gasteiger partial charge in [0, 0.05) is 12.4 Å². The van der Waals surface area contributed by atoms with E-state index in [4.69, 9.17) is 0 Å². The molecule has 26 heavy (non-hydrogen) atoms. The summed E-state index contributed by atoms with van der Waals surface area (Å²) in [6.45, 7) is -0.0853. The van der Waals surface area contributed by atoms with Crippen LogP contribution in [0, 0.1) is 0 Å². The van der Waals surface area contributed by atoms with E-state index < -0.39 is 0 Å². The number of para-hydroxylation sites is 1. The monoisotopic (exact) mass is 370 g/mol. The largest absolute Gasteiger partial charge is 0.394 e. The van der Waals surface area contributed by atoms with Crippen molar-refractivity contribution in [2.24, 2.45) is 0 Å². The molecule has 0 aliphatic rings. The van der Waals surface area contributed by atoms with Crippen molar-refractivity contribution in [3.8, 4) is 11.5 Å². The van der Waals surface area contributed by atoms with Gasteiger partial charge in [0.15, 0.2) is 5.82 Å². The van der Waals surface area contributed by atoms with Gasteiger partial charge in [-0.05, 0) is 42.7 Å². The van der Waals surface area contributed by atoms with Gasteiger partial charge in [-0.15, -0.1) is 0 Å². The number of amides is 1. The average molecular weight is 370 g/mol. The van der Waals surface area contributed by atoms with Gasteiger partial charge < -0.3 is 15.0 Å². The van der Waals surface area contributed by atoms with E-state index in [0.717, 1.165) is 17.9 Å². The first-order valence-corrected chi connectivity index (χ1v) is 9.81. The summed E-state index contributed by atoms with van der Waals surface area (Å²) in [5, 5.41) is 16.9. The minimum absolute atomic E-state index is 0.0853. The number of hydrogen-bond acceptors (Lipinski definition) is 4. The van der Waals surface area contributed by atoms with E-state index in [2.05, 4.69) is 10.4 Å². The number of benzene rings is 1. The van der Waals surface area contributed by atoms with Crippen molar-refractivity contribution in [2.75, 3.05) is 18.6 Å². The Morgan fingerprint density at radius 1 is 1.23 bits per heavy atom. The molecule has 0 unspecified atom stereocenters. The molecule has 0 bridgehead atoms. The lowest BCUT2D eigenvalue weighted by molar-refractivity contribution is 0.0915. The van der Waals surface area contributed by atoms with Crippen molar-refractivity contribution >= 4 is 17.7 Å². The molecule has 1 amide bonds. The molecular formula is C19H22N4O2S. The highest BCUT2D eigenvalue weighted by Gasteiger charge is 2.21. The second-order valence-electron chi connectivity index (χ2n) is 5.85. The quantitative estimate of drug-likeness (QED) is 0.639. The molecule has 0 fully saturated rings. The molecule has 0 aliphatic carbocycles. The predicted octanol–water partition coefficient (Wildman–Crippen LogP) is 2.51. The maximum absolute atomic E-state index is 12.8. The fraction of sp³-hybridized carbons (Fsp3) is 0.263. The molecule has 6 nitrogen and oxygen atoms in total. The smallest absolute Gasteiger partial charge is 0.257 e. The third kappa shape index (κ3) is 4.00. The van der Waals surface area contributed by atoms with Crippen LogP contribution in [-0.4, -0.2) is 50.0 Å². The van der Waals surface area contributed by atoms with Gasteiger partial charge >= 0.3 is 0 Å². The summed E-state index contributed by atoms with van der Waals surface area (Å²) in [5.41, 5.74) is 1.34. The molecule has 2 aromatic heterocycles. The van der Waals surface area contributed by atoms with E-state index >= 15 is 0 Å². The molecule has 136 valence electrons. The first-order valence-electron chi connectivity index (χ1n) is 8.42. The highest BCUT2D eigenvalue weighted by Crippen LogP contribution is 2.20. The Kier molecular flexibility index (Phi) is 6.14. The first kappa shape index (κ1) is 18.3. The summed E-state index contributed by atoms with van der Waals surface area (Å²) in [6.07, 6.45) is 8.05. The molecule has 1 aromatic carbocycles. The Labute approximate surface area is 156 Å². The van der Waals surface area contributed by atoms with Crippen molar-refractivity contribution in [3.05, 3.63) is 66.6 Å². The van der Waals surface area contributed by atoms with Crippen LogP contribution in [0.5, 0.6) is 0 Å². The molecule has 7 heteroatoms. The van der Waals surface area contributed by atoms with Crippen molar-refractivity contribution in [2.45, 2.75) is 12.5 Å². The molecule has 3 rings (SSSR count). The topological polar surface area (TPSA) is 72.1 Å². The van der Waals surface area contributed by atoms with E-state index in [0.29, 0.717) is 11.4 Å². The fourth-order valence-corrected chi connectivity index (χ4v) is 3.24. The van der Waals surface area contributed by atoms with Gasteiger partial charge in [0.1, 0.15) is 5.56 Å². The van der Waals surface area contributed by atoms with Crippen molar-refractivity contribution in [3.63, 3.8) is 0 Å². The fourth-order valence-electron chi connectivity index (χ4n) is 2.72. The summed E-state index contributed by atoms with van der Waals surface area (Å²) in [5.74, 6) is 1.30. The zero-order valence-corrected chi connectivity index (χ0v) is 15.4. The molecule has 2 heterocycles. The molecule has 0 saturated heterocycles. The summed E-state index contributed by atoms with van der Waals surface area (Å²) >= 11 is 1.69. The van der Waals surface area contributed by atoms with Crippen LogP contribution in [0.2, 0.25) is 0 Å². The molecule has 0 radical (unpaired) electrons. The van der Waals surface area contributed by atoms with Gasteiger partial charge in [-0.1, -0.05) is 18.2 Å². The Morgan fingerprint density at radius 3 is 2.62 bits per heavy atom. The summed E-state index contributed by atoms with van der Waals surface area (Å²) in [6, 6.07) is 13.2. The van der Waals surface area contributed by atoms with Crippen LogP contribution in [0.15, 0.2) is 61.1 Å². The third-order valence-electron chi connectivity index (χ3n) is 4.06. The van der Waals surface area contributed by atoms with Crippen LogP contribution in [-0.2, 0) is 0 Å². The third-order valence-corrected chi connectivity index (χ3v) is 4.71. The van der Waals surface area contributed by atoms with Gasteiger partial charge in [-0.25, -0.2) is 4.68 Å². The number of carbonyl (C=O) groups excluding carboxylic acids is 1. The number of carbonyl (C=O) groups is 1. The maximum atomic E-state index is 12.8. The summed E-state index contributed by atoms with van der Waals surface area (Å²) in [4.78, 5) is 12.8. The number of aliphatic hydroxyl groups is 1. The van der Waals surface area contributed by atoms with Crippen LogP contribution >= 0.6 is 11.8 Å². The molecule has 3 aromatic rings. The number of rotatable bonds is 8. The van der Waals surface area contributed by atoms with E-state index in [-0.39, 0.29) is 18.6 Å². The minimum Gasteiger partial charge on any atom is -0.394 e. The minimum atomic E-state index is -0.271. The lowest BCUT2D eigenvalue weighted by atomic mass is 10.2. The summed E-state index contributed by atoms with van der Waals surface area (Å²) < 4.78 is 3.61. The molecular weight excluding hydrogens is 348 g/mol. The number of nitrogens with zero attached hydrogens (tertiary/aromatic N) is 3. The Morgan fingerprint density at radius 2 is 1.96 bits per heavy atom. The van der Waals surface area contributed by atoms with E-state index in [1.54, 1.807) is 22.6 Å². The van der Waals surface area contributed by atoms with Crippen LogP contribution < -0.4 is 5.32 Å². The van der Waals surface area contributed by atoms with Crippen molar-refractivity contribution in [1.82, 2.24) is 19.7 Å². The van der Waals surface area contributed by atoms with Crippen LogP contribution in [0.3, 0.4) is 0 Å². The predicted molar refractivity (Wildman–Crippen MR) is 104 cm³/mol. The zero-order valence-electron chi connectivity index (χ0n) is 14.6. The maximum Gasteiger partial charge on any atom is 0.257 e. The Bertz CT molecular complexity index is 831. The number of thioether (sulfide) groups is 1. The van der Waals surface area contributed by atoms with Gasteiger partial charge in [0.25, 0.3) is 5.91 Å². The van der Waals surface area contributed by atoms with Gasteiger partial charge in [-0.3, -0.25) is 4.79 Å².